The minimum absolute atomic E-state index is 0.718. The number of ether oxygens (including phenoxy) is 1. The third-order valence-corrected chi connectivity index (χ3v) is 3.91. The summed E-state index contributed by atoms with van der Waals surface area (Å²) >= 11 is 3.47. The molecule has 2 heterocycles. The fourth-order valence-corrected chi connectivity index (χ4v) is 2.78. The molecule has 4 nitrogen and oxygen atoms in total. The van der Waals surface area contributed by atoms with Crippen molar-refractivity contribution >= 4 is 15.9 Å². The summed E-state index contributed by atoms with van der Waals surface area (Å²) in [5, 5.41) is 3.40. The van der Waals surface area contributed by atoms with Gasteiger partial charge in [-0.15, -0.1) is 0 Å². The van der Waals surface area contributed by atoms with Crippen LogP contribution in [0.5, 0.6) is 5.88 Å². The molecule has 0 spiro atoms. The van der Waals surface area contributed by atoms with Crippen LogP contribution in [0.2, 0.25) is 0 Å². The van der Waals surface area contributed by atoms with Gasteiger partial charge >= 0.3 is 0 Å². The maximum atomic E-state index is 5.87. The Balaban J connectivity index is 1.84. The lowest BCUT2D eigenvalue weighted by Crippen LogP contribution is -2.25. The Bertz CT molecular complexity index is 408. The number of hydrogen-bond donors (Lipinski definition) is 1. The molecule has 5 heteroatoms. The molecule has 0 saturated carbocycles. The lowest BCUT2D eigenvalue weighted by atomic mass is 10.2. The van der Waals surface area contributed by atoms with Crippen LogP contribution in [0.15, 0.2) is 16.7 Å². The van der Waals surface area contributed by atoms with Crippen LogP contribution < -0.4 is 10.1 Å². The van der Waals surface area contributed by atoms with Crippen LogP contribution in [0.1, 0.15) is 31.7 Å². The summed E-state index contributed by atoms with van der Waals surface area (Å²) in [5.41, 5.74) is 1.12. The number of pyridine rings is 1. The smallest absolute Gasteiger partial charge is 0.217 e. The van der Waals surface area contributed by atoms with E-state index in [4.69, 9.17) is 4.74 Å². The molecule has 0 unspecified atom stereocenters. The maximum Gasteiger partial charge on any atom is 0.217 e. The van der Waals surface area contributed by atoms with Crippen molar-refractivity contribution in [1.29, 1.82) is 0 Å². The SMILES string of the molecule is CCCNCc1cc(Br)cnc1OCCN1CCCC1. The van der Waals surface area contributed by atoms with Crippen LogP contribution in [0.4, 0.5) is 0 Å². The van der Waals surface area contributed by atoms with Gasteiger partial charge in [0, 0.05) is 29.3 Å². The van der Waals surface area contributed by atoms with Crippen LogP contribution in [-0.4, -0.2) is 42.7 Å². The van der Waals surface area contributed by atoms with Crippen LogP contribution in [0, 0.1) is 0 Å². The largest absolute Gasteiger partial charge is 0.476 e. The molecule has 1 aromatic rings. The summed E-state index contributed by atoms with van der Waals surface area (Å²) in [6, 6.07) is 2.08. The molecule has 0 aliphatic carbocycles. The molecular weight excluding hydrogens is 318 g/mol. The van der Waals surface area contributed by atoms with E-state index < -0.39 is 0 Å². The van der Waals surface area contributed by atoms with Gasteiger partial charge in [0.05, 0.1) is 0 Å². The zero-order valence-electron chi connectivity index (χ0n) is 12.2. The fraction of sp³-hybridized carbons (Fsp3) is 0.667. The van der Waals surface area contributed by atoms with Gasteiger partial charge in [0.25, 0.3) is 0 Å². The molecule has 2 rings (SSSR count). The first-order chi connectivity index (χ1) is 9.79. The van der Waals surface area contributed by atoms with E-state index in [9.17, 15) is 0 Å². The van der Waals surface area contributed by atoms with E-state index in [2.05, 4.69) is 44.1 Å². The molecule has 0 bridgehead atoms. The normalized spacial score (nSPS) is 15.7. The van der Waals surface area contributed by atoms with Gasteiger partial charge in [-0.2, -0.15) is 0 Å². The van der Waals surface area contributed by atoms with E-state index >= 15 is 0 Å². The number of halogens is 1. The first kappa shape index (κ1) is 15.7. The summed E-state index contributed by atoms with van der Waals surface area (Å²) in [4.78, 5) is 6.85. The number of nitrogens with one attached hydrogen (secondary N) is 1. The minimum atomic E-state index is 0.718. The summed E-state index contributed by atoms with van der Waals surface area (Å²) in [7, 11) is 0. The molecule has 0 amide bonds. The molecule has 1 aromatic heterocycles. The molecule has 0 atom stereocenters. The number of nitrogens with zero attached hydrogens (tertiary/aromatic N) is 2. The topological polar surface area (TPSA) is 37.4 Å². The lowest BCUT2D eigenvalue weighted by molar-refractivity contribution is 0.230. The highest BCUT2D eigenvalue weighted by Crippen LogP contribution is 2.20. The standard InChI is InChI=1S/C15H24BrN3O/c1-2-5-17-11-13-10-14(16)12-18-15(13)20-9-8-19-6-3-4-7-19/h10,12,17H,2-9,11H2,1H3. The number of hydrogen-bond acceptors (Lipinski definition) is 4. The Morgan fingerprint density at radius 2 is 2.20 bits per heavy atom. The predicted octanol–water partition coefficient (Wildman–Crippen LogP) is 2.82. The van der Waals surface area contributed by atoms with Gasteiger partial charge < -0.3 is 10.1 Å². The maximum absolute atomic E-state index is 5.87. The van der Waals surface area contributed by atoms with E-state index in [1.165, 1.54) is 25.9 Å². The Morgan fingerprint density at radius 3 is 2.95 bits per heavy atom. The predicted molar refractivity (Wildman–Crippen MR) is 85.1 cm³/mol. The van der Waals surface area contributed by atoms with E-state index in [0.29, 0.717) is 0 Å². The second-order valence-electron chi connectivity index (χ2n) is 5.19. The van der Waals surface area contributed by atoms with Crippen LogP contribution >= 0.6 is 15.9 Å². The van der Waals surface area contributed by atoms with Crippen molar-refractivity contribution in [3.05, 3.63) is 22.3 Å². The molecule has 20 heavy (non-hydrogen) atoms. The Morgan fingerprint density at radius 1 is 1.40 bits per heavy atom. The fourth-order valence-electron chi connectivity index (χ4n) is 2.40. The van der Waals surface area contributed by atoms with E-state index in [0.717, 1.165) is 48.6 Å². The molecule has 0 radical (unpaired) electrons. The summed E-state index contributed by atoms with van der Waals surface area (Å²) in [6.07, 6.45) is 5.58. The second kappa shape index (κ2) is 8.60. The molecule has 112 valence electrons. The molecule has 1 fully saturated rings. The molecule has 1 N–H and O–H groups in total. The average Bonchev–Trinajstić information content (AvgIpc) is 2.95. The van der Waals surface area contributed by atoms with Crippen molar-refractivity contribution in [1.82, 2.24) is 15.2 Å². The molecule has 1 saturated heterocycles. The number of aromatic nitrogens is 1. The van der Waals surface area contributed by atoms with Crippen LogP contribution in [0.25, 0.3) is 0 Å². The van der Waals surface area contributed by atoms with E-state index in [-0.39, 0.29) is 0 Å². The molecule has 1 aliphatic heterocycles. The monoisotopic (exact) mass is 341 g/mol. The first-order valence-electron chi connectivity index (χ1n) is 7.50. The zero-order valence-corrected chi connectivity index (χ0v) is 13.8. The quantitative estimate of drug-likeness (QED) is 0.737. The van der Waals surface area contributed by atoms with Crippen molar-refractivity contribution in [2.24, 2.45) is 0 Å². The van der Waals surface area contributed by atoms with Crippen molar-refractivity contribution < 1.29 is 4.74 Å². The third-order valence-electron chi connectivity index (χ3n) is 3.48. The van der Waals surface area contributed by atoms with E-state index in [1.807, 2.05) is 0 Å². The summed E-state index contributed by atoms with van der Waals surface area (Å²) < 4.78 is 6.87. The van der Waals surface area contributed by atoms with Crippen molar-refractivity contribution in [3.63, 3.8) is 0 Å². The third kappa shape index (κ3) is 5.04. The highest BCUT2D eigenvalue weighted by molar-refractivity contribution is 9.10. The highest BCUT2D eigenvalue weighted by atomic mass is 79.9. The lowest BCUT2D eigenvalue weighted by Gasteiger charge is -2.16. The summed E-state index contributed by atoms with van der Waals surface area (Å²) in [6.45, 7) is 8.12. The number of likely N-dealkylation sites (tertiary alicyclic amines) is 1. The van der Waals surface area contributed by atoms with Crippen molar-refractivity contribution in [2.45, 2.75) is 32.7 Å². The van der Waals surface area contributed by atoms with Crippen LogP contribution in [0.3, 0.4) is 0 Å². The van der Waals surface area contributed by atoms with Gasteiger partial charge in [-0.3, -0.25) is 4.90 Å². The summed E-state index contributed by atoms with van der Waals surface area (Å²) in [5.74, 6) is 0.760. The highest BCUT2D eigenvalue weighted by Gasteiger charge is 2.12. The Hall–Kier alpha value is -0.650. The first-order valence-corrected chi connectivity index (χ1v) is 8.29. The van der Waals surface area contributed by atoms with Gasteiger partial charge in [0.1, 0.15) is 6.61 Å². The minimum Gasteiger partial charge on any atom is -0.476 e. The zero-order chi connectivity index (χ0) is 14.2. The molecule has 1 aliphatic rings. The van der Waals surface area contributed by atoms with Crippen molar-refractivity contribution in [3.8, 4) is 5.88 Å². The molecule has 0 aromatic carbocycles. The van der Waals surface area contributed by atoms with Gasteiger partial charge in [-0.1, -0.05) is 6.92 Å². The van der Waals surface area contributed by atoms with Gasteiger partial charge in [0.2, 0.25) is 5.88 Å². The van der Waals surface area contributed by atoms with Gasteiger partial charge in [0.15, 0.2) is 0 Å². The molecular formula is C15H24BrN3O. The van der Waals surface area contributed by atoms with Gasteiger partial charge in [-0.25, -0.2) is 4.98 Å². The van der Waals surface area contributed by atoms with Crippen LogP contribution in [-0.2, 0) is 6.54 Å². The number of rotatable bonds is 8. The van der Waals surface area contributed by atoms with E-state index in [1.54, 1.807) is 6.20 Å². The Labute approximate surface area is 130 Å². The average molecular weight is 342 g/mol. The van der Waals surface area contributed by atoms with Gasteiger partial charge in [-0.05, 0) is 60.9 Å². The van der Waals surface area contributed by atoms with Crippen molar-refractivity contribution in [2.75, 3.05) is 32.8 Å². The second-order valence-corrected chi connectivity index (χ2v) is 6.11. The Kier molecular flexibility index (Phi) is 6.76.